The maximum absolute atomic E-state index is 12.8. The van der Waals surface area contributed by atoms with Gasteiger partial charge in [-0.3, -0.25) is 4.79 Å². The van der Waals surface area contributed by atoms with Crippen molar-refractivity contribution in [2.75, 3.05) is 17.7 Å². The van der Waals surface area contributed by atoms with Crippen molar-refractivity contribution in [2.24, 2.45) is 0 Å². The summed E-state index contributed by atoms with van der Waals surface area (Å²) < 4.78 is 12.8. The van der Waals surface area contributed by atoms with Gasteiger partial charge in [0.2, 0.25) is 0 Å². The molecular formula is C13H12FN3O. The topological polar surface area (TPSA) is 59.2 Å². The molecule has 0 saturated carbocycles. The van der Waals surface area contributed by atoms with Crippen LogP contribution in [0.5, 0.6) is 0 Å². The highest BCUT2D eigenvalue weighted by atomic mass is 19.1. The number of hydrogen-bond donors (Lipinski definition) is 1. The Kier molecular flexibility index (Phi) is 3.23. The SMILES string of the molecule is CN(C(=O)c1ccc(N)cn1)c1ccc(F)cc1. The van der Waals surface area contributed by atoms with Crippen molar-refractivity contribution in [1.82, 2.24) is 4.98 Å². The first-order valence-electron chi connectivity index (χ1n) is 5.33. The summed E-state index contributed by atoms with van der Waals surface area (Å²) in [4.78, 5) is 17.4. The first-order valence-corrected chi connectivity index (χ1v) is 5.33. The lowest BCUT2D eigenvalue weighted by molar-refractivity contribution is 0.0988. The number of hydrogen-bond acceptors (Lipinski definition) is 3. The number of benzene rings is 1. The summed E-state index contributed by atoms with van der Waals surface area (Å²) in [5.74, 6) is -0.619. The van der Waals surface area contributed by atoms with Crippen molar-refractivity contribution >= 4 is 17.3 Å². The van der Waals surface area contributed by atoms with Crippen molar-refractivity contribution in [3.63, 3.8) is 0 Å². The summed E-state index contributed by atoms with van der Waals surface area (Å²) in [5.41, 5.74) is 6.88. The summed E-state index contributed by atoms with van der Waals surface area (Å²) in [6.45, 7) is 0. The van der Waals surface area contributed by atoms with Gasteiger partial charge < -0.3 is 10.6 Å². The van der Waals surface area contributed by atoms with Crippen molar-refractivity contribution < 1.29 is 9.18 Å². The van der Waals surface area contributed by atoms with Crippen molar-refractivity contribution in [3.8, 4) is 0 Å². The molecule has 0 aliphatic carbocycles. The number of anilines is 2. The highest BCUT2D eigenvalue weighted by Crippen LogP contribution is 2.15. The van der Waals surface area contributed by atoms with E-state index >= 15 is 0 Å². The predicted molar refractivity (Wildman–Crippen MR) is 67.8 cm³/mol. The van der Waals surface area contributed by atoms with Gasteiger partial charge in [0.1, 0.15) is 11.5 Å². The molecule has 1 aromatic heterocycles. The Morgan fingerprint density at radius 1 is 1.22 bits per heavy atom. The molecule has 1 heterocycles. The first-order chi connectivity index (χ1) is 8.58. The molecule has 0 unspecified atom stereocenters. The molecule has 0 saturated heterocycles. The van der Waals surface area contributed by atoms with Crippen molar-refractivity contribution in [3.05, 3.63) is 54.1 Å². The van der Waals surface area contributed by atoms with E-state index in [-0.39, 0.29) is 17.4 Å². The number of pyridine rings is 1. The molecular weight excluding hydrogens is 233 g/mol. The molecule has 2 rings (SSSR count). The molecule has 18 heavy (non-hydrogen) atoms. The van der Waals surface area contributed by atoms with E-state index < -0.39 is 0 Å². The molecule has 2 N–H and O–H groups in total. The number of rotatable bonds is 2. The number of nitrogen functional groups attached to an aromatic ring is 1. The fourth-order valence-electron chi connectivity index (χ4n) is 1.49. The fourth-order valence-corrected chi connectivity index (χ4v) is 1.49. The number of nitrogens with zero attached hydrogens (tertiary/aromatic N) is 2. The van der Waals surface area contributed by atoms with E-state index in [0.29, 0.717) is 11.4 Å². The number of halogens is 1. The molecule has 0 spiro atoms. The lowest BCUT2D eigenvalue weighted by Crippen LogP contribution is -2.27. The monoisotopic (exact) mass is 245 g/mol. The third-order valence-electron chi connectivity index (χ3n) is 2.52. The molecule has 1 amide bonds. The van der Waals surface area contributed by atoms with E-state index in [1.54, 1.807) is 19.2 Å². The van der Waals surface area contributed by atoms with Crippen LogP contribution in [0.4, 0.5) is 15.8 Å². The van der Waals surface area contributed by atoms with Crippen LogP contribution in [0.2, 0.25) is 0 Å². The molecule has 0 fully saturated rings. The number of aromatic nitrogens is 1. The van der Waals surface area contributed by atoms with Crippen LogP contribution in [0.25, 0.3) is 0 Å². The molecule has 0 aliphatic rings. The van der Waals surface area contributed by atoms with Crippen LogP contribution in [-0.4, -0.2) is 17.9 Å². The minimum absolute atomic E-state index is 0.276. The molecule has 0 atom stereocenters. The quantitative estimate of drug-likeness (QED) is 0.881. The second-order valence-corrected chi connectivity index (χ2v) is 3.82. The third kappa shape index (κ3) is 2.45. The van der Waals surface area contributed by atoms with Gasteiger partial charge in [-0.2, -0.15) is 0 Å². The summed E-state index contributed by atoms with van der Waals surface area (Å²) in [7, 11) is 1.60. The fraction of sp³-hybridized carbons (Fsp3) is 0.0769. The van der Waals surface area contributed by atoms with Crippen LogP contribution in [0.1, 0.15) is 10.5 Å². The minimum atomic E-state index is -0.342. The molecule has 1 aromatic carbocycles. The van der Waals surface area contributed by atoms with Gasteiger partial charge >= 0.3 is 0 Å². The van der Waals surface area contributed by atoms with Crippen LogP contribution in [0.15, 0.2) is 42.6 Å². The average Bonchev–Trinajstić information content (AvgIpc) is 2.39. The Balaban J connectivity index is 2.23. The Hall–Kier alpha value is -2.43. The maximum atomic E-state index is 12.8. The van der Waals surface area contributed by atoms with Gasteiger partial charge in [-0.15, -0.1) is 0 Å². The minimum Gasteiger partial charge on any atom is -0.397 e. The Bertz CT molecular complexity index is 551. The lowest BCUT2D eigenvalue weighted by Gasteiger charge is -2.16. The summed E-state index contributed by atoms with van der Waals surface area (Å²) >= 11 is 0. The zero-order chi connectivity index (χ0) is 13.1. The van der Waals surface area contributed by atoms with E-state index in [1.807, 2.05) is 0 Å². The van der Waals surface area contributed by atoms with Crippen LogP contribution >= 0.6 is 0 Å². The van der Waals surface area contributed by atoms with E-state index in [1.165, 1.54) is 35.4 Å². The second kappa shape index (κ2) is 4.83. The largest absolute Gasteiger partial charge is 0.397 e. The molecule has 92 valence electrons. The lowest BCUT2D eigenvalue weighted by atomic mass is 10.2. The van der Waals surface area contributed by atoms with Gasteiger partial charge in [0, 0.05) is 12.7 Å². The second-order valence-electron chi connectivity index (χ2n) is 3.82. The molecule has 2 aromatic rings. The molecule has 0 aliphatic heterocycles. The van der Waals surface area contributed by atoms with E-state index in [2.05, 4.69) is 4.98 Å². The van der Waals surface area contributed by atoms with Crippen LogP contribution < -0.4 is 10.6 Å². The van der Waals surface area contributed by atoms with Gasteiger partial charge in [0.15, 0.2) is 0 Å². The van der Waals surface area contributed by atoms with Gasteiger partial charge in [-0.1, -0.05) is 0 Å². The predicted octanol–water partition coefficient (Wildman–Crippen LogP) is 2.08. The molecule has 0 radical (unpaired) electrons. The Morgan fingerprint density at radius 2 is 1.89 bits per heavy atom. The summed E-state index contributed by atoms with van der Waals surface area (Å²) in [6, 6.07) is 8.83. The number of amides is 1. The van der Waals surface area contributed by atoms with E-state index in [4.69, 9.17) is 5.73 Å². The maximum Gasteiger partial charge on any atom is 0.276 e. The molecule has 4 nitrogen and oxygen atoms in total. The first kappa shape index (κ1) is 12.0. The van der Waals surface area contributed by atoms with E-state index in [0.717, 1.165) is 0 Å². The normalized spacial score (nSPS) is 10.1. The number of nitrogens with two attached hydrogens (primary N) is 1. The van der Waals surface area contributed by atoms with Crippen molar-refractivity contribution in [1.29, 1.82) is 0 Å². The van der Waals surface area contributed by atoms with Crippen LogP contribution in [0.3, 0.4) is 0 Å². The number of carbonyl (C=O) groups excluding carboxylic acids is 1. The van der Waals surface area contributed by atoms with Crippen molar-refractivity contribution in [2.45, 2.75) is 0 Å². The van der Waals surface area contributed by atoms with Gasteiger partial charge in [-0.25, -0.2) is 9.37 Å². The standard InChI is InChI=1S/C13H12FN3O/c1-17(11-5-2-9(14)3-6-11)13(18)12-7-4-10(15)8-16-12/h2-8H,15H2,1H3. The summed E-state index contributed by atoms with van der Waals surface area (Å²) in [6.07, 6.45) is 1.42. The van der Waals surface area contributed by atoms with Gasteiger partial charge in [-0.05, 0) is 36.4 Å². The van der Waals surface area contributed by atoms with E-state index in [9.17, 15) is 9.18 Å². The Morgan fingerprint density at radius 3 is 2.44 bits per heavy atom. The van der Waals surface area contributed by atoms with Gasteiger partial charge in [0.25, 0.3) is 5.91 Å². The smallest absolute Gasteiger partial charge is 0.276 e. The third-order valence-corrected chi connectivity index (χ3v) is 2.52. The molecule has 5 heteroatoms. The summed E-state index contributed by atoms with van der Waals surface area (Å²) in [5, 5.41) is 0. The Labute approximate surface area is 104 Å². The zero-order valence-corrected chi connectivity index (χ0v) is 9.80. The zero-order valence-electron chi connectivity index (χ0n) is 9.80. The average molecular weight is 245 g/mol. The molecule has 0 bridgehead atoms. The van der Waals surface area contributed by atoms with Crippen LogP contribution in [-0.2, 0) is 0 Å². The highest BCUT2D eigenvalue weighted by molar-refractivity contribution is 6.04. The van der Waals surface area contributed by atoms with Crippen LogP contribution in [0, 0.1) is 5.82 Å². The number of carbonyl (C=O) groups is 1. The van der Waals surface area contributed by atoms with Gasteiger partial charge in [0.05, 0.1) is 11.9 Å². The highest BCUT2D eigenvalue weighted by Gasteiger charge is 2.14.